The van der Waals surface area contributed by atoms with E-state index in [9.17, 15) is 0 Å². The second kappa shape index (κ2) is 4.49. The van der Waals surface area contributed by atoms with Crippen LogP contribution in [0, 0.1) is 16.7 Å². The average molecular weight is 387 g/mol. The van der Waals surface area contributed by atoms with Crippen molar-refractivity contribution in [3.8, 4) is 0 Å². The summed E-state index contributed by atoms with van der Waals surface area (Å²) in [5.74, 6) is 0.879. The van der Waals surface area contributed by atoms with Crippen molar-refractivity contribution in [2.24, 2.45) is 16.7 Å². The van der Waals surface area contributed by atoms with Crippen LogP contribution in [0.25, 0.3) is 0 Å². The van der Waals surface area contributed by atoms with Crippen LogP contribution in [0.2, 0.25) is 0 Å². The molecule has 104 valence electrons. The molecule has 1 nitrogen and oxygen atoms in total. The predicted molar refractivity (Wildman–Crippen MR) is 88.5 cm³/mol. The molecule has 2 aliphatic rings. The Labute approximate surface area is 132 Å². The number of halogens is 2. The summed E-state index contributed by atoms with van der Waals surface area (Å²) in [4.78, 5) is 0. The zero-order valence-electron chi connectivity index (χ0n) is 11.8. The molecule has 19 heavy (non-hydrogen) atoms. The third-order valence-corrected chi connectivity index (χ3v) is 6.65. The van der Waals surface area contributed by atoms with E-state index in [2.05, 4.69) is 76.1 Å². The minimum absolute atomic E-state index is 0.388. The van der Waals surface area contributed by atoms with Crippen LogP contribution in [-0.4, -0.2) is 6.04 Å². The average Bonchev–Trinajstić information content (AvgIpc) is 2.78. The molecule has 0 saturated heterocycles. The maximum absolute atomic E-state index is 3.83. The molecular weight excluding hydrogens is 366 g/mol. The molecule has 0 amide bonds. The van der Waals surface area contributed by atoms with E-state index in [-0.39, 0.29) is 0 Å². The monoisotopic (exact) mass is 385 g/mol. The van der Waals surface area contributed by atoms with Gasteiger partial charge in [-0.15, -0.1) is 0 Å². The molecule has 0 heterocycles. The molecule has 3 heteroatoms. The molecule has 2 fully saturated rings. The number of hydrogen-bond donors (Lipinski definition) is 1. The molecule has 1 N–H and O–H groups in total. The largest absolute Gasteiger partial charge is 0.380 e. The van der Waals surface area contributed by atoms with Crippen molar-refractivity contribution in [1.29, 1.82) is 0 Å². The number of nitrogens with one attached hydrogen (secondary N) is 1. The molecule has 3 atom stereocenters. The molecular formula is C16H21Br2N. The number of rotatable bonds is 2. The van der Waals surface area contributed by atoms with Gasteiger partial charge >= 0.3 is 0 Å². The summed E-state index contributed by atoms with van der Waals surface area (Å²) in [7, 11) is 0. The first kappa shape index (κ1) is 13.9. The van der Waals surface area contributed by atoms with E-state index in [0.29, 0.717) is 16.9 Å². The molecule has 2 bridgehead atoms. The fourth-order valence-electron chi connectivity index (χ4n) is 4.42. The minimum Gasteiger partial charge on any atom is -0.380 e. The highest BCUT2D eigenvalue weighted by Crippen LogP contribution is 2.63. The first-order valence-corrected chi connectivity index (χ1v) is 8.63. The van der Waals surface area contributed by atoms with E-state index in [1.807, 2.05) is 0 Å². The van der Waals surface area contributed by atoms with Crippen molar-refractivity contribution >= 4 is 37.5 Å². The Hall–Kier alpha value is -0.0200. The molecule has 2 saturated carbocycles. The topological polar surface area (TPSA) is 12.0 Å². The Morgan fingerprint density at radius 1 is 1.21 bits per heavy atom. The van der Waals surface area contributed by atoms with Gasteiger partial charge in [0.15, 0.2) is 0 Å². The highest BCUT2D eigenvalue weighted by molar-refractivity contribution is 9.11. The fourth-order valence-corrected chi connectivity index (χ4v) is 5.59. The Balaban J connectivity index is 1.90. The summed E-state index contributed by atoms with van der Waals surface area (Å²) in [6, 6.07) is 6.95. The molecule has 0 aromatic heterocycles. The molecule has 3 unspecified atom stereocenters. The summed E-state index contributed by atoms with van der Waals surface area (Å²) in [6.07, 6.45) is 4.15. The van der Waals surface area contributed by atoms with E-state index in [1.165, 1.54) is 24.9 Å². The minimum atomic E-state index is 0.388. The third kappa shape index (κ3) is 2.17. The van der Waals surface area contributed by atoms with E-state index in [0.717, 1.165) is 14.9 Å². The SMILES string of the molecule is CC12CCC(C1)C(C)(C)C2Nc1ccc(Br)cc1Br. The fraction of sp³-hybridized carbons (Fsp3) is 0.625. The normalized spacial score (nSPS) is 35.6. The lowest BCUT2D eigenvalue weighted by Crippen LogP contribution is -2.45. The van der Waals surface area contributed by atoms with Gasteiger partial charge in [-0.2, -0.15) is 0 Å². The predicted octanol–water partition coefficient (Wildman–Crippen LogP) is 5.84. The Morgan fingerprint density at radius 3 is 2.53 bits per heavy atom. The van der Waals surface area contributed by atoms with Gasteiger partial charge in [0.1, 0.15) is 0 Å². The van der Waals surface area contributed by atoms with Crippen LogP contribution >= 0.6 is 31.9 Å². The zero-order chi connectivity index (χ0) is 13.8. The van der Waals surface area contributed by atoms with Gasteiger partial charge in [-0.1, -0.05) is 36.7 Å². The third-order valence-electron chi connectivity index (χ3n) is 5.50. The maximum Gasteiger partial charge on any atom is 0.0487 e. The Kier molecular flexibility index (Phi) is 3.29. The maximum atomic E-state index is 3.83. The molecule has 0 radical (unpaired) electrons. The number of benzene rings is 1. The van der Waals surface area contributed by atoms with Crippen molar-refractivity contribution in [3.05, 3.63) is 27.1 Å². The highest BCUT2D eigenvalue weighted by atomic mass is 79.9. The molecule has 1 aromatic rings. The van der Waals surface area contributed by atoms with Gasteiger partial charge in [0.2, 0.25) is 0 Å². The van der Waals surface area contributed by atoms with Crippen LogP contribution in [0.4, 0.5) is 5.69 Å². The summed E-state index contributed by atoms with van der Waals surface area (Å²) < 4.78 is 2.26. The van der Waals surface area contributed by atoms with Gasteiger partial charge in [0.05, 0.1) is 0 Å². The van der Waals surface area contributed by atoms with Crippen LogP contribution in [0.15, 0.2) is 27.1 Å². The summed E-state index contributed by atoms with van der Waals surface area (Å²) >= 11 is 7.19. The van der Waals surface area contributed by atoms with Crippen LogP contribution in [0.3, 0.4) is 0 Å². The number of hydrogen-bond acceptors (Lipinski definition) is 1. The van der Waals surface area contributed by atoms with Crippen LogP contribution in [0.5, 0.6) is 0 Å². The second-order valence-corrected chi connectivity index (χ2v) is 8.89. The lowest BCUT2D eigenvalue weighted by molar-refractivity contribution is 0.155. The molecule has 2 aliphatic carbocycles. The van der Waals surface area contributed by atoms with E-state index >= 15 is 0 Å². The van der Waals surface area contributed by atoms with Crippen molar-refractivity contribution in [2.45, 2.75) is 46.1 Å². The lowest BCUT2D eigenvalue weighted by Gasteiger charge is -2.43. The molecule has 0 aliphatic heterocycles. The van der Waals surface area contributed by atoms with Crippen LogP contribution < -0.4 is 5.32 Å². The van der Waals surface area contributed by atoms with Crippen molar-refractivity contribution < 1.29 is 0 Å². The van der Waals surface area contributed by atoms with E-state index < -0.39 is 0 Å². The summed E-state index contributed by atoms with van der Waals surface area (Å²) in [5.41, 5.74) is 2.07. The molecule has 3 rings (SSSR count). The van der Waals surface area contributed by atoms with Crippen LogP contribution in [0.1, 0.15) is 40.0 Å². The second-order valence-electron chi connectivity index (χ2n) is 7.12. The molecule has 0 spiro atoms. The van der Waals surface area contributed by atoms with Crippen molar-refractivity contribution in [1.82, 2.24) is 0 Å². The quantitative estimate of drug-likeness (QED) is 0.673. The van der Waals surface area contributed by atoms with Gasteiger partial charge in [0, 0.05) is 20.7 Å². The van der Waals surface area contributed by atoms with Gasteiger partial charge in [-0.3, -0.25) is 0 Å². The van der Waals surface area contributed by atoms with Gasteiger partial charge in [0.25, 0.3) is 0 Å². The molecule has 1 aromatic carbocycles. The summed E-state index contributed by atoms with van der Waals surface area (Å²) in [5, 5.41) is 3.83. The first-order chi connectivity index (χ1) is 8.83. The van der Waals surface area contributed by atoms with Crippen molar-refractivity contribution in [3.63, 3.8) is 0 Å². The van der Waals surface area contributed by atoms with Gasteiger partial charge < -0.3 is 5.32 Å². The van der Waals surface area contributed by atoms with E-state index in [1.54, 1.807) is 0 Å². The van der Waals surface area contributed by atoms with Crippen molar-refractivity contribution in [2.75, 3.05) is 5.32 Å². The summed E-state index contributed by atoms with van der Waals surface area (Å²) in [6.45, 7) is 7.34. The lowest BCUT2D eigenvalue weighted by atomic mass is 9.68. The van der Waals surface area contributed by atoms with Gasteiger partial charge in [-0.25, -0.2) is 0 Å². The Morgan fingerprint density at radius 2 is 1.95 bits per heavy atom. The van der Waals surface area contributed by atoms with E-state index in [4.69, 9.17) is 0 Å². The number of fused-ring (bicyclic) bond motifs is 2. The standard InChI is InChI=1S/C16H21Br2N/c1-15(2)10-6-7-16(3,9-10)14(15)19-13-5-4-11(17)8-12(13)18/h4-5,8,10,14,19H,6-7,9H2,1-3H3. The van der Waals surface area contributed by atoms with Gasteiger partial charge in [-0.05, 0) is 70.1 Å². The smallest absolute Gasteiger partial charge is 0.0487 e. The Bertz CT molecular complexity index is 507. The number of anilines is 1. The zero-order valence-corrected chi connectivity index (χ0v) is 14.9. The highest BCUT2D eigenvalue weighted by Gasteiger charge is 2.59. The van der Waals surface area contributed by atoms with Crippen LogP contribution in [-0.2, 0) is 0 Å². The first-order valence-electron chi connectivity index (χ1n) is 7.04.